The molecule has 0 aromatic heterocycles. The first-order valence-corrected chi connectivity index (χ1v) is 6.12. The van der Waals surface area contributed by atoms with E-state index in [0.717, 1.165) is 11.1 Å². The molecule has 1 aliphatic rings. The Morgan fingerprint density at radius 3 is 2.71 bits per heavy atom. The minimum absolute atomic E-state index is 0.499. The SMILES string of the molecule is O=C(O)C1(c2ccccc2C#CCCCl)CC1. The average molecular weight is 249 g/mol. The third-order valence-electron chi connectivity index (χ3n) is 3.04. The highest BCUT2D eigenvalue weighted by molar-refractivity contribution is 6.18. The molecule has 0 atom stereocenters. The Bertz CT molecular complexity index is 492. The van der Waals surface area contributed by atoms with Crippen molar-refractivity contribution in [2.45, 2.75) is 24.7 Å². The Balaban J connectivity index is 2.36. The van der Waals surface area contributed by atoms with Crippen LogP contribution < -0.4 is 0 Å². The molecule has 0 radical (unpaired) electrons. The molecular formula is C14H13ClO2. The lowest BCUT2D eigenvalue weighted by Crippen LogP contribution is -2.20. The number of alkyl halides is 1. The van der Waals surface area contributed by atoms with Crippen molar-refractivity contribution < 1.29 is 9.90 Å². The standard InChI is InChI=1S/C14H13ClO2/c15-10-4-3-6-11-5-1-2-7-12(11)14(8-9-14)13(16)17/h1-2,5,7H,4,8-10H2,(H,16,17). The van der Waals surface area contributed by atoms with Gasteiger partial charge in [0.25, 0.3) is 0 Å². The first kappa shape index (κ1) is 12.0. The fourth-order valence-corrected chi connectivity index (χ4v) is 2.03. The minimum atomic E-state index is -0.746. The molecule has 0 saturated heterocycles. The lowest BCUT2D eigenvalue weighted by atomic mass is 9.91. The summed E-state index contributed by atoms with van der Waals surface area (Å²) >= 11 is 5.56. The van der Waals surface area contributed by atoms with E-state index in [-0.39, 0.29) is 0 Å². The zero-order valence-corrected chi connectivity index (χ0v) is 10.1. The molecule has 2 nitrogen and oxygen atoms in total. The number of benzene rings is 1. The van der Waals surface area contributed by atoms with Gasteiger partial charge in [0.1, 0.15) is 0 Å². The van der Waals surface area contributed by atoms with Gasteiger partial charge in [-0.3, -0.25) is 4.79 Å². The Hall–Kier alpha value is -1.46. The highest BCUT2D eigenvalue weighted by atomic mass is 35.5. The molecule has 1 aromatic carbocycles. The molecule has 1 fully saturated rings. The third-order valence-corrected chi connectivity index (χ3v) is 3.23. The van der Waals surface area contributed by atoms with Crippen molar-refractivity contribution in [3.8, 4) is 11.8 Å². The van der Waals surface area contributed by atoms with E-state index in [2.05, 4.69) is 11.8 Å². The van der Waals surface area contributed by atoms with E-state index in [1.165, 1.54) is 0 Å². The number of hydrogen-bond donors (Lipinski definition) is 1. The van der Waals surface area contributed by atoms with Crippen molar-refractivity contribution in [2.75, 3.05) is 5.88 Å². The molecule has 17 heavy (non-hydrogen) atoms. The van der Waals surface area contributed by atoms with Gasteiger partial charge < -0.3 is 5.11 Å². The number of carbonyl (C=O) groups is 1. The Morgan fingerprint density at radius 2 is 2.12 bits per heavy atom. The lowest BCUT2D eigenvalue weighted by Gasteiger charge is -2.12. The maximum atomic E-state index is 11.3. The lowest BCUT2D eigenvalue weighted by molar-refractivity contribution is -0.140. The maximum Gasteiger partial charge on any atom is 0.314 e. The smallest absolute Gasteiger partial charge is 0.314 e. The molecule has 0 heterocycles. The van der Waals surface area contributed by atoms with Crippen LogP contribution in [-0.4, -0.2) is 17.0 Å². The van der Waals surface area contributed by atoms with Crippen LogP contribution in [0.1, 0.15) is 30.4 Å². The number of carboxylic acids is 1. The molecule has 1 saturated carbocycles. The summed E-state index contributed by atoms with van der Waals surface area (Å²) in [4.78, 5) is 11.3. The van der Waals surface area contributed by atoms with E-state index in [4.69, 9.17) is 11.6 Å². The number of hydrogen-bond acceptors (Lipinski definition) is 1. The Kier molecular flexibility index (Phi) is 3.40. The molecule has 1 aliphatic carbocycles. The normalized spacial score (nSPS) is 15.8. The topological polar surface area (TPSA) is 37.3 Å². The molecule has 0 amide bonds. The van der Waals surface area contributed by atoms with Gasteiger partial charge in [0.05, 0.1) is 5.41 Å². The fraction of sp³-hybridized carbons (Fsp3) is 0.357. The van der Waals surface area contributed by atoms with Crippen LogP contribution in [0.4, 0.5) is 0 Å². The zero-order chi connectivity index (χ0) is 12.3. The third kappa shape index (κ3) is 2.30. The van der Waals surface area contributed by atoms with E-state index in [1.807, 2.05) is 24.3 Å². The van der Waals surface area contributed by atoms with E-state index in [9.17, 15) is 9.90 Å². The van der Waals surface area contributed by atoms with Crippen LogP contribution in [0.5, 0.6) is 0 Å². The van der Waals surface area contributed by atoms with Crippen LogP contribution in [0, 0.1) is 11.8 Å². The summed E-state index contributed by atoms with van der Waals surface area (Å²) in [5.41, 5.74) is 0.971. The molecule has 3 heteroatoms. The van der Waals surface area contributed by atoms with Gasteiger partial charge in [-0.1, -0.05) is 30.0 Å². The van der Waals surface area contributed by atoms with Crippen molar-refractivity contribution in [1.82, 2.24) is 0 Å². The summed E-state index contributed by atoms with van der Waals surface area (Å²) in [6.45, 7) is 0. The summed E-state index contributed by atoms with van der Waals surface area (Å²) in [6.07, 6.45) is 2.03. The number of carboxylic acid groups (broad SMARTS) is 1. The van der Waals surface area contributed by atoms with Gasteiger partial charge in [-0.2, -0.15) is 0 Å². The van der Waals surface area contributed by atoms with Crippen LogP contribution in [0.3, 0.4) is 0 Å². The van der Waals surface area contributed by atoms with Gasteiger partial charge in [-0.25, -0.2) is 0 Å². The van der Waals surface area contributed by atoms with Crippen LogP contribution >= 0.6 is 11.6 Å². The molecule has 88 valence electrons. The van der Waals surface area contributed by atoms with Crippen LogP contribution in [0.2, 0.25) is 0 Å². The Morgan fingerprint density at radius 1 is 1.41 bits per heavy atom. The first-order chi connectivity index (χ1) is 8.20. The molecule has 1 aromatic rings. The van der Waals surface area contributed by atoms with Crippen LogP contribution in [-0.2, 0) is 10.2 Å². The number of halogens is 1. The molecule has 2 rings (SSSR count). The van der Waals surface area contributed by atoms with Gasteiger partial charge in [0.2, 0.25) is 0 Å². The van der Waals surface area contributed by atoms with E-state index in [1.54, 1.807) is 0 Å². The van der Waals surface area contributed by atoms with Crippen LogP contribution in [0.15, 0.2) is 24.3 Å². The first-order valence-electron chi connectivity index (χ1n) is 5.58. The molecule has 0 aliphatic heterocycles. The predicted molar refractivity (Wildman–Crippen MR) is 67.2 cm³/mol. The quantitative estimate of drug-likeness (QED) is 0.660. The van der Waals surface area contributed by atoms with Gasteiger partial charge >= 0.3 is 5.97 Å². The molecule has 0 unspecified atom stereocenters. The number of rotatable bonds is 3. The zero-order valence-electron chi connectivity index (χ0n) is 9.37. The predicted octanol–water partition coefficient (Wildman–Crippen LogP) is 2.78. The monoisotopic (exact) mass is 248 g/mol. The van der Waals surface area contributed by atoms with E-state index < -0.39 is 11.4 Å². The van der Waals surface area contributed by atoms with Crippen molar-refractivity contribution in [3.63, 3.8) is 0 Å². The van der Waals surface area contributed by atoms with Gasteiger partial charge in [-0.05, 0) is 24.5 Å². The average Bonchev–Trinajstić information content (AvgIpc) is 3.11. The second-order valence-corrected chi connectivity index (χ2v) is 4.55. The minimum Gasteiger partial charge on any atom is -0.481 e. The Labute approximate surface area is 106 Å². The van der Waals surface area contributed by atoms with Crippen molar-refractivity contribution in [3.05, 3.63) is 35.4 Å². The largest absolute Gasteiger partial charge is 0.481 e. The highest BCUT2D eigenvalue weighted by Crippen LogP contribution is 2.49. The van der Waals surface area contributed by atoms with E-state index in [0.29, 0.717) is 25.1 Å². The summed E-state index contributed by atoms with van der Waals surface area (Å²) < 4.78 is 0. The summed E-state index contributed by atoms with van der Waals surface area (Å²) in [5.74, 6) is 5.73. The molecule has 1 N–H and O–H groups in total. The van der Waals surface area contributed by atoms with Crippen molar-refractivity contribution in [1.29, 1.82) is 0 Å². The summed E-state index contributed by atoms with van der Waals surface area (Å²) in [7, 11) is 0. The highest BCUT2D eigenvalue weighted by Gasteiger charge is 2.52. The second kappa shape index (κ2) is 4.81. The number of aliphatic carboxylic acids is 1. The fourth-order valence-electron chi connectivity index (χ4n) is 1.94. The van der Waals surface area contributed by atoms with Gasteiger partial charge in [0.15, 0.2) is 0 Å². The van der Waals surface area contributed by atoms with Gasteiger partial charge in [-0.15, -0.1) is 11.6 Å². The van der Waals surface area contributed by atoms with Crippen molar-refractivity contribution >= 4 is 17.6 Å². The van der Waals surface area contributed by atoms with E-state index >= 15 is 0 Å². The maximum absolute atomic E-state index is 11.3. The van der Waals surface area contributed by atoms with Gasteiger partial charge in [0, 0.05) is 17.9 Å². The summed E-state index contributed by atoms with van der Waals surface area (Å²) in [5, 5.41) is 9.28. The van der Waals surface area contributed by atoms with Crippen LogP contribution in [0.25, 0.3) is 0 Å². The second-order valence-electron chi connectivity index (χ2n) is 4.17. The molecule has 0 spiro atoms. The molecule has 0 bridgehead atoms. The van der Waals surface area contributed by atoms with Crippen molar-refractivity contribution in [2.24, 2.45) is 0 Å². The molecular weight excluding hydrogens is 236 g/mol. The summed E-state index contributed by atoms with van der Waals surface area (Å²) in [6, 6.07) is 7.49.